The van der Waals surface area contributed by atoms with Crippen molar-refractivity contribution < 1.29 is 15.3 Å². The van der Waals surface area contributed by atoms with Gasteiger partial charge in [0, 0.05) is 16.5 Å². The van der Waals surface area contributed by atoms with Gasteiger partial charge in [-0.2, -0.15) is 10.1 Å². The summed E-state index contributed by atoms with van der Waals surface area (Å²) in [4.78, 5) is 7.43. The van der Waals surface area contributed by atoms with Crippen LogP contribution in [0.25, 0.3) is 22.1 Å². The zero-order valence-corrected chi connectivity index (χ0v) is 12.7. The summed E-state index contributed by atoms with van der Waals surface area (Å²) in [5, 5.41) is 41.4. The number of nitrogens with zero attached hydrogens (tertiary/aromatic N) is 4. The highest BCUT2D eigenvalue weighted by Crippen LogP contribution is 2.36. The predicted molar refractivity (Wildman–Crippen MR) is 91.8 cm³/mol. The summed E-state index contributed by atoms with van der Waals surface area (Å²) in [7, 11) is 0. The molecule has 0 aliphatic heterocycles. The number of aromatic nitrogens is 4. The summed E-state index contributed by atoms with van der Waals surface area (Å²) in [6, 6.07) is 10.3. The lowest BCUT2D eigenvalue weighted by Crippen LogP contribution is -1.99. The molecule has 0 aliphatic carbocycles. The van der Waals surface area contributed by atoms with Crippen molar-refractivity contribution in [3.63, 3.8) is 0 Å². The summed E-state index contributed by atoms with van der Waals surface area (Å²) in [6.07, 6.45) is 1.26. The minimum atomic E-state index is -0.610. The highest BCUT2D eigenvalue weighted by atomic mass is 16.3. The molecule has 0 amide bonds. The molecule has 4 rings (SSSR count). The van der Waals surface area contributed by atoms with Gasteiger partial charge in [0.2, 0.25) is 5.75 Å². The third-order valence-electron chi connectivity index (χ3n) is 3.65. The molecular formula is C16H12N6O3. The molecule has 0 spiro atoms. The molecule has 0 bridgehead atoms. The second-order valence-electron chi connectivity index (χ2n) is 5.24. The Bertz CT molecular complexity index is 1120. The Morgan fingerprint density at radius 3 is 2.72 bits per heavy atom. The Balaban J connectivity index is 1.61. The molecule has 0 radical (unpaired) electrons. The van der Waals surface area contributed by atoms with Crippen LogP contribution in [0.5, 0.6) is 17.2 Å². The van der Waals surface area contributed by atoms with E-state index in [1.165, 1.54) is 18.3 Å². The van der Waals surface area contributed by atoms with Crippen molar-refractivity contribution in [1.82, 2.24) is 20.2 Å². The predicted octanol–water partition coefficient (Wildman–Crippen LogP) is 2.07. The van der Waals surface area contributed by atoms with Crippen molar-refractivity contribution in [2.75, 3.05) is 5.43 Å². The fraction of sp³-hybridized carbons (Fsp3) is 0. The van der Waals surface area contributed by atoms with Gasteiger partial charge in [0.25, 0.3) is 5.95 Å². The lowest BCUT2D eigenvalue weighted by molar-refractivity contribution is 0.367. The first-order valence-electron chi connectivity index (χ1n) is 7.27. The van der Waals surface area contributed by atoms with Gasteiger partial charge >= 0.3 is 0 Å². The summed E-state index contributed by atoms with van der Waals surface area (Å²) < 4.78 is 0. The van der Waals surface area contributed by atoms with E-state index in [0.717, 1.165) is 10.9 Å². The van der Waals surface area contributed by atoms with E-state index >= 15 is 0 Å². The van der Waals surface area contributed by atoms with Crippen LogP contribution in [0.3, 0.4) is 0 Å². The van der Waals surface area contributed by atoms with Crippen molar-refractivity contribution in [2.24, 2.45) is 5.10 Å². The first kappa shape index (κ1) is 14.7. The number of phenols is 3. The molecule has 0 atom stereocenters. The summed E-state index contributed by atoms with van der Waals surface area (Å²) in [6.45, 7) is 0. The molecule has 2 aromatic carbocycles. The largest absolute Gasteiger partial charge is 0.504 e. The number of benzene rings is 2. The Labute approximate surface area is 140 Å². The van der Waals surface area contributed by atoms with Crippen LogP contribution >= 0.6 is 0 Å². The molecule has 2 heterocycles. The Kier molecular flexibility index (Phi) is 3.31. The summed E-state index contributed by atoms with van der Waals surface area (Å²) in [5.74, 6) is -1.34. The average Bonchev–Trinajstić information content (AvgIpc) is 2.99. The van der Waals surface area contributed by atoms with E-state index < -0.39 is 17.2 Å². The maximum absolute atomic E-state index is 9.72. The first-order chi connectivity index (χ1) is 12.1. The molecule has 5 N–H and O–H groups in total. The van der Waals surface area contributed by atoms with E-state index in [0.29, 0.717) is 11.2 Å². The summed E-state index contributed by atoms with van der Waals surface area (Å²) >= 11 is 0. The Morgan fingerprint density at radius 1 is 1.00 bits per heavy atom. The number of phenolic OH excluding ortho intramolecular Hbond substituents is 3. The van der Waals surface area contributed by atoms with Crippen LogP contribution in [0.1, 0.15) is 5.56 Å². The number of aromatic amines is 1. The number of H-pyrrole nitrogens is 1. The Hall–Kier alpha value is -3.88. The van der Waals surface area contributed by atoms with Crippen molar-refractivity contribution in [2.45, 2.75) is 0 Å². The van der Waals surface area contributed by atoms with Crippen molar-refractivity contribution in [1.29, 1.82) is 0 Å². The molecule has 0 aliphatic rings. The van der Waals surface area contributed by atoms with Crippen molar-refractivity contribution >= 4 is 34.2 Å². The molecule has 9 heteroatoms. The first-order valence-corrected chi connectivity index (χ1v) is 7.27. The smallest absolute Gasteiger partial charge is 0.265 e. The van der Waals surface area contributed by atoms with Gasteiger partial charge < -0.3 is 20.3 Å². The monoisotopic (exact) mass is 336 g/mol. The van der Waals surface area contributed by atoms with Gasteiger partial charge in [-0.1, -0.05) is 18.2 Å². The average molecular weight is 336 g/mol. The van der Waals surface area contributed by atoms with Crippen LogP contribution in [0.4, 0.5) is 5.95 Å². The molecule has 4 aromatic rings. The maximum Gasteiger partial charge on any atom is 0.265 e. The van der Waals surface area contributed by atoms with Crippen LogP contribution in [0, 0.1) is 0 Å². The molecular weight excluding hydrogens is 324 g/mol. The molecule has 25 heavy (non-hydrogen) atoms. The number of rotatable bonds is 3. The number of fused-ring (bicyclic) bond motifs is 3. The zero-order valence-electron chi connectivity index (χ0n) is 12.7. The normalized spacial score (nSPS) is 11.5. The topological polar surface area (TPSA) is 140 Å². The van der Waals surface area contributed by atoms with Crippen molar-refractivity contribution in [3.05, 3.63) is 42.0 Å². The maximum atomic E-state index is 9.72. The number of anilines is 1. The number of hydrogen-bond acceptors (Lipinski definition) is 8. The second-order valence-corrected chi connectivity index (χ2v) is 5.24. The fourth-order valence-electron chi connectivity index (χ4n) is 2.42. The van der Waals surface area contributed by atoms with Crippen LogP contribution in [0.15, 0.2) is 41.5 Å². The van der Waals surface area contributed by atoms with E-state index in [2.05, 4.69) is 30.7 Å². The number of para-hydroxylation sites is 1. The van der Waals surface area contributed by atoms with Gasteiger partial charge in [-0.3, -0.25) is 0 Å². The minimum Gasteiger partial charge on any atom is -0.504 e. The second kappa shape index (κ2) is 5.64. The van der Waals surface area contributed by atoms with Crippen LogP contribution in [0.2, 0.25) is 0 Å². The van der Waals surface area contributed by atoms with Crippen molar-refractivity contribution in [3.8, 4) is 17.2 Å². The van der Waals surface area contributed by atoms with E-state index in [-0.39, 0.29) is 11.5 Å². The van der Waals surface area contributed by atoms with E-state index in [1.54, 1.807) is 0 Å². The van der Waals surface area contributed by atoms with Crippen LogP contribution in [-0.4, -0.2) is 41.7 Å². The number of aromatic hydroxyl groups is 3. The highest BCUT2D eigenvalue weighted by molar-refractivity contribution is 6.03. The van der Waals surface area contributed by atoms with Gasteiger partial charge in [0.1, 0.15) is 5.52 Å². The number of nitrogens with one attached hydrogen (secondary N) is 2. The van der Waals surface area contributed by atoms with Crippen LogP contribution < -0.4 is 5.43 Å². The van der Waals surface area contributed by atoms with E-state index in [1.807, 2.05) is 24.3 Å². The number of hydrazone groups is 1. The molecule has 0 unspecified atom stereocenters. The molecule has 0 saturated heterocycles. The molecule has 0 fully saturated rings. The van der Waals surface area contributed by atoms with Crippen LogP contribution in [-0.2, 0) is 0 Å². The lowest BCUT2D eigenvalue weighted by atomic mass is 10.2. The quantitative estimate of drug-likeness (QED) is 0.219. The SMILES string of the molecule is Oc1ccc(/C=N/Nc2nnc3c(n2)[nH]c2ccccc23)c(O)c1O. The molecule has 0 saturated carbocycles. The fourth-order valence-corrected chi connectivity index (χ4v) is 2.42. The molecule has 9 nitrogen and oxygen atoms in total. The van der Waals surface area contributed by atoms with E-state index in [4.69, 9.17) is 0 Å². The number of hydrogen-bond donors (Lipinski definition) is 5. The van der Waals surface area contributed by atoms with Gasteiger partial charge in [-0.25, -0.2) is 5.43 Å². The van der Waals surface area contributed by atoms with Gasteiger partial charge in [-0.05, 0) is 18.2 Å². The summed E-state index contributed by atoms with van der Waals surface area (Å²) in [5.41, 5.74) is 4.94. The van der Waals surface area contributed by atoms with Gasteiger partial charge in [0.05, 0.1) is 6.21 Å². The standard InChI is InChI=1S/C16H12N6O3/c23-11-6-5-8(13(24)14(11)25)7-17-21-16-19-15-12(20-22-16)9-3-1-2-4-10(9)18-15/h1-7,23-25H,(H2,18,19,21,22)/b17-7+. The van der Waals surface area contributed by atoms with Gasteiger partial charge in [-0.15, -0.1) is 10.2 Å². The Morgan fingerprint density at radius 2 is 1.84 bits per heavy atom. The minimum absolute atomic E-state index is 0.165. The molecule has 124 valence electrons. The lowest BCUT2D eigenvalue weighted by Gasteiger charge is -2.03. The third kappa shape index (κ3) is 2.53. The third-order valence-corrected chi connectivity index (χ3v) is 3.65. The van der Waals surface area contributed by atoms with E-state index in [9.17, 15) is 15.3 Å². The molecule has 2 aromatic heterocycles. The highest BCUT2D eigenvalue weighted by Gasteiger charge is 2.10. The van der Waals surface area contributed by atoms with Gasteiger partial charge in [0.15, 0.2) is 17.1 Å². The zero-order chi connectivity index (χ0) is 17.4.